The lowest BCUT2D eigenvalue weighted by molar-refractivity contribution is -0.144. The highest BCUT2D eigenvalue weighted by atomic mass is 31.2. The summed E-state index contributed by atoms with van der Waals surface area (Å²) >= 11 is 0. The van der Waals surface area contributed by atoms with Crippen molar-refractivity contribution in [2.24, 2.45) is 5.92 Å². The first-order valence-electron chi connectivity index (χ1n) is 9.23. The van der Waals surface area contributed by atoms with Crippen LogP contribution in [-0.4, -0.2) is 52.7 Å². The molecule has 0 bridgehead atoms. The first-order valence-corrected chi connectivity index (χ1v) is 11.3. The van der Waals surface area contributed by atoms with Crippen LogP contribution in [0.5, 0.6) is 5.88 Å². The van der Waals surface area contributed by atoms with Gasteiger partial charge in [0.15, 0.2) is 6.04 Å². The Labute approximate surface area is 169 Å². The fraction of sp³-hybridized carbons (Fsp3) is 0.611. The monoisotopic (exact) mass is 427 g/mol. The Morgan fingerprint density at radius 3 is 2.97 bits per heavy atom. The third kappa shape index (κ3) is 6.41. The highest BCUT2D eigenvalue weighted by Crippen LogP contribution is 2.41. The summed E-state index contributed by atoms with van der Waals surface area (Å²) in [4.78, 5) is 27.3. The second-order valence-corrected chi connectivity index (χ2v) is 9.08. The Morgan fingerprint density at radius 2 is 2.34 bits per heavy atom. The topological polar surface area (TPSA) is 129 Å². The maximum Gasteiger partial charge on any atom is 0.352 e. The molecule has 1 aromatic rings. The second-order valence-electron chi connectivity index (χ2n) is 6.88. The first-order chi connectivity index (χ1) is 13.7. The summed E-state index contributed by atoms with van der Waals surface area (Å²) in [5.74, 6) is 1.11. The predicted octanol–water partition coefficient (Wildman–Crippen LogP) is 1.26. The van der Waals surface area contributed by atoms with Gasteiger partial charge >= 0.3 is 11.7 Å². The van der Waals surface area contributed by atoms with Crippen LogP contribution in [0.1, 0.15) is 32.9 Å². The van der Waals surface area contributed by atoms with Crippen LogP contribution in [0.3, 0.4) is 0 Å². The van der Waals surface area contributed by atoms with Gasteiger partial charge in [-0.1, -0.05) is 19.8 Å². The molecule has 1 saturated heterocycles. The van der Waals surface area contributed by atoms with E-state index in [1.807, 2.05) is 13.8 Å². The fourth-order valence-corrected chi connectivity index (χ4v) is 4.08. The zero-order valence-corrected chi connectivity index (χ0v) is 17.5. The summed E-state index contributed by atoms with van der Waals surface area (Å²) in [6, 6.07) is 0.110. The van der Waals surface area contributed by atoms with Crippen molar-refractivity contribution in [1.82, 2.24) is 14.6 Å². The number of esters is 1. The van der Waals surface area contributed by atoms with Gasteiger partial charge in [0.1, 0.15) is 6.23 Å². The molecule has 2 N–H and O–H groups in total. The van der Waals surface area contributed by atoms with Gasteiger partial charge in [0.05, 0.1) is 19.3 Å². The predicted molar refractivity (Wildman–Crippen MR) is 104 cm³/mol. The number of ether oxygens (including phenoxy) is 2. The molecule has 0 amide bonds. The molecular formula is C18H26N3O7P. The molecule has 0 spiro atoms. The van der Waals surface area contributed by atoms with E-state index in [2.05, 4.69) is 16.0 Å². The van der Waals surface area contributed by atoms with Gasteiger partial charge in [0, 0.05) is 24.8 Å². The molecule has 2 rings (SSSR count). The minimum Gasteiger partial charge on any atom is -0.493 e. The van der Waals surface area contributed by atoms with Gasteiger partial charge in [0.25, 0.3) is 7.52 Å². The number of aromatic nitrogens is 2. The Hall–Kier alpha value is -2.18. The molecule has 1 fully saturated rings. The SMILES string of the molecule is C#C[C@H](NP(C)(=O)OCC1C[C@H](C)[C@H](n2ccc(O)nc2=O)O1)C(=O)OCCC. The second kappa shape index (κ2) is 10.0. The maximum atomic E-state index is 12.7. The number of hydrogen-bond donors (Lipinski definition) is 2. The number of carbonyl (C=O) groups is 1. The molecule has 0 aliphatic carbocycles. The normalized spacial score (nSPS) is 24.4. The van der Waals surface area contributed by atoms with Gasteiger partial charge in [-0.05, 0) is 12.8 Å². The number of nitrogens with one attached hydrogen (secondary N) is 1. The van der Waals surface area contributed by atoms with E-state index < -0.39 is 37.6 Å². The molecule has 29 heavy (non-hydrogen) atoms. The van der Waals surface area contributed by atoms with Gasteiger partial charge in [-0.25, -0.2) is 14.7 Å². The number of terminal acetylenes is 1. The number of nitrogens with zero attached hydrogens (tertiary/aromatic N) is 2. The third-order valence-electron chi connectivity index (χ3n) is 4.26. The molecule has 1 aromatic heterocycles. The average Bonchev–Trinajstić information content (AvgIpc) is 3.03. The van der Waals surface area contributed by atoms with Gasteiger partial charge in [-0.15, -0.1) is 6.42 Å². The summed E-state index contributed by atoms with van der Waals surface area (Å²) < 4.78 is 30.2. The zero-order valence-electron chi connectivity index (χ0n) is 16.6. The van der Waals surface area contributed by atoms with E-state index in [1.165, 1.54) is 23.5 Å². The van der Waals surface area contributed by atoms with Gasteiger partial charge in [0.2, 0.25) is 5.88 Å². The lowest BCUT2D eigenvalue weighted by Crippen LogP contribution is -2.35. The smallest absolute Gasteiger partial charge is 0.352 e. The zero-order chi connectivity index (χ0) is 21.6. The van der Waals surface area contributed by atoms with Crippen LogP contribution in [0.2, 0.25) is 0 Å². The van der Waals surface area contributed by atoms with Crippen LogP contribution in [0.25, 0.3) is 0 Å². The fourth-order valence-electron chi connectivity index (χ4n) is 2.90. The van der Waals surface area contributed by atoms with Crippen molar-refractivity contribution in [3.63, 3.8) is 0 Å². The molecule has 11 heteroatoms. The van der Waals surface area contributed by atoms with Gasteiger partial charge in [-0.2, -0.15) is 4.98 Å². The summed E-state index contributed by atoms with van der Waals surface area (Å²) in [5, 5.41) is 11.8. The van der Waals surface area contributed by atoms with Crippen LogP contribution < -0.4 is 10.8 Å². The Kier molecular flexibility index (Phi) is 7.99. The summed E-state index contributed by atoms with van der Waals surface area (Å²) in [7, 11) is -3.42. The number of carbonyl (C=O) groups excluding carboxylic acids is 1. The maximum absolute atomic E-state index is 12.7. The van der Waals surface area contributed by atoms with Crippen LogP contribution in [0, 0.1) is 18.3 Å². The van der Waals surface area contributed by atoms with E-state index >= 15 is 0 Å². The van der Waals surface area contributed by atoms with E-state index in [9.17, 15) is 19.3 Å². The molecular weight excluding hydrogens is 401 g/mol. The standard InChI is InChI=1S/C18H26N3O7P/c1-5-9-26-17(23)14(6-2)20-29(4,25)27-11-13-10-12(3)16(28-13)21-8-7-15(22)19-18(21)24/h2,7-8,12-14,16H,5,9-11H2,1,3-4H3,(H,20,25)(H,19,22,24)/t12-,13?,14-,16+,29?/m0/s1. The van der Waals surface area contributed by atoms with Crippen molar-refractivity contribution >= 4 is 13.5 Å². The van der Waals surface area contributed by atoms with Crippen LogP contribution in [-0.2, 0) is 23.4 Å². The average molecular weight is 427 g/mol. The van der Waals surface area contributed by atoms with Crippen LogP contribution in [0.15, 0.2) is 17.1 Å². The highest BCUT2D eigenvalue weighted by Gasteiger charge is 2.36. The Balaban J connectivity index is 1.93. The molecule has 1 aliphatic heterocycles. The van der Waals surface area contributed by atoms with Crippen molar-refractivity contribution < 1.29 is 28.5 Å². The lowest BCUT2D eigenvalue weighted by atomic mass is 10.1. The number of rotatable bonds is 9. The largest absolute Gasteiger partial charge is 0.493 e. The molecule has 10 nitrogen and oxygen atoms in total. The van der Waals surface area contributed by atoms with E-state index in [0.717, 1.165) is 0 Å². The summed E-state index contributed by atoms with van der Waals surface area (Å²) in [6.45, 7) is 5.25. The number of aromatic hydroxyl groups is 1. The van der Waals surface area contributed by atoms with Crippen molar-refractivity contribution in [2.75, 3.05) is 19.9 Å². The van der Waals surface area contributed by atoms with Crippen molar-refractivity contribution in [3.05, 3.63) is 22.7 Å². The van der Waals surface area contributed by atoms with Gasteiger partial charge in [-0.3, -0.25) is 9.13 Å². The number of hydrogen-bond acceptors (Lipinski definition) is 8. The van der Waals surface area contributed by atoms with E-state index in [-0.39, 0.29) is 25.0 Å². The molecule has 160 valence electrons. The third-order valence-corrected chi connectivity index (χ3v) is 5.63. The van der Waals surface area contributed by atoms with Crippen LogP contribution in [0.4, 0.5) is 0 Å². The highest BCUT2D eigenvalue weighted by molar-refractivity contribution is 7.56. The molecule has 1 aliphatic rings. The quantitative estimate of drug-likeness (QED) is 0.340. The van der Waals surface area contributed by atoms with Crippen molar-refractivity contribution in [3.8, 4) is 18.2 Å². The summed E-state index contributed by atoms with van der Waals surface area (Å²) in [5.41, 5.74) is -0.631. The Bertz CT molecular complexity index is 866. The van der Waals surface area contributed by atoms with E-state index in [4.69, 9.17) is 20.4 Å². The minimum atomic E-state index is -3.42. The van der Waals surface area contributed by atoms with E-state index in [1.54, 1.807) is 0 Å². The molecule has 0 aromatic carbocycles. The lowest BCUT2D eigenvalue weighted by Gasteiger charge is -2.21. The van der Waals surface area contributed by atoms with Crippen molar-refractivity contribution in [1.29, 1.82) is 0 Å². The molecule has 0 radical (unpaired) electrons. The molecule has 2 heterocycles. The minimum absolute atomic E-state index is 0.0246. The molecule has 0 saturated carbocycles. The van der Waals surface area contributed by atoms with Gasteiger partial charge < -0.3 is 19.1 Å². The van der Waals surface area contributed by atoms with Crippen LogP contribution >= 0.6 is 7.52 Å². The first kappa shape index (κ1) is 23.1. The van der Waals surface area contributed by atoms with Crippen molar-refractivity contribution in [2.45, 2.75) is 45.1 Å². The molecule has 2 unspecified atom stereocenters. The molecule has 5 atom stereocenters. The van der Waals surface area contributed by atoms with E-state index in [0.29, 0.717) is 12.8 Å². The summed E-state index contributed by atoms with van der Waals surface area (Å²) in [6.07, 6.45) is 6.90. The Morgan fingerprint density at radius 1 is 1.62 bits per heavy atom.